The van der Waals surface area contributed by atoms with Gasteiger partial charge in [-0.05, 0) is 25.3 Å². The number of halogens is 1. The number of rotatable bonds is 3. The van der Waals surface area contributed by atoms with Crippen molar-refractivity contribution in [1.29, 1.82) is 0 Å². The lowest BCUT2D eigenvalue weighted by Gasteiger charge is -2.16. The summed E-state index contributed by atoms with van der Waals surface area (Å²) in [4.78, 5) is 11.6. The number of thiophene rings is 1. The Labute approximate surface area is 80.3 Å². The predicted molar refractivity (Wildman–Crippen MR) is 49.4 cm³/mol. The molecular formula is C9H11FO2S. The summed E-state index contributed by atoms with van der Waals surface area (Å²) in [6, 6.07) is 3.29. The molecule has 0 bridgehead atoms. The predicted octanol–water partition coefficient (Wildman–Crippen LogP) is 2.50. The van der Waals surface area contributed by atoms with Crippen LogP contribution in [0.25, 0.3) is 0 Å². The topological polar surface area (TPSA) is 26.3 Å². The summed E-state index contributed by atoms with van der Waals surface area (Å²) in [5.41, 5.74) is -2.01. The van der Waals surface area contributed by atoms with E-state index in [0.717, 1.165) is 0 Å². The monoisotopic (exact) mass is 202 g/mol. The maximum Gasteiger partial charge on any atom is 0.349 e. The van der Waals surface area contributed by atoms with Crippen LogP contribution >= 0.6 is 11.3 Å². The van der Waals surface area contributed by atoms with Gasteiger partial charge in [-0.15, -0.1) is 11.3 Å². The van der Waals surface area contributed by atoms with Crippen LogP contribution < -0.4 is 0 Å². The van der Waals surface area contributed by atoms with Gasteiger partial charge in [0.1, 0.15) is 0 Å². The molecule has 0 amide bonds. The minimum absolute atomic E-state index is 0.198. The number of alkyl halides is 1. The van der Waals surface area contributed by atoms with Crippen LogP contribution in [0.3, 0.4) is 0 Å². The Kier molecular flexibility index (Phi) is 3.03. The quantitative estimate of drug-likeness (QED) is 0.704. The highest BCUT2D eigenvalue weighted by molar-refractivity contribution is 7.10. The zero-order valence-electron chi connectivity index (χ0n) is 7.54. The molecular weight excluding hydrogens is 191 g/mol. The van der Waals surface area contributed by atoms with E-state index in [0.29, 0.717) is 4.88 Å². The zero-order chi connectivity index (χ0) is 9.90. The average molecular weight is 202 g/mol. The highest BCUT2D eigenvalue weighted by Crippen LogP contribution is 2.30. The normalized spacial score (nSPS) is 15.0. The van der Waals surface area contributed by atoms with Crippen LogP contribution in [0.5, 0.6) is 0 Å². The molecule has 0 aliphatic carbocycles. The van der Waals surface area contributed by atoms with Gasteiger partial charge in [-0.3, -0.25) is 0 Å². The molecule has 1 unspecified atom stereocenters. The van der Waals surface area contributed by atoms with E-state index in [9.17, 15) is 9.18 Å². The third-order valence-corrected chi connectivity index (χ3v) is 2.71. The molecule has 1 rings (SSSR count). The SMILES string of the molecule is CCOC(=O)C(C)(F)c1cccs1. The van der Waals surface area contributed by atoms with Gasteiger partial charge in [-0.1, -0.05) is 6.07 Å². The maximum absolute atomic E-state index is 13.8. The first-order chi connectivity index (χ1) is 6.09. The first kappa shape index (κ1) is 10.2. The van der Waals surface area contributed by atoms with E-state index < -0.39 is 11.6 Å². The number of ether oxygens (including phenoxy) is 1. The number of hydrogen-bond donors (Lipinski definition) is 0. The fourth-order valence-corrected chi connectivity index (χ4v) is 1.68. The zero-order valence-corrected chi connectivity index (χ0v) is 8.36. The van der Waals surface area contributed by atoms with Crippen molar-refractivity contribution in [2.45, 2.75) is 19.5 Å². The Morgan fingerprint density at radius 3 is 2.92 bits per heavy atom. The maximum atomic E-state index is 13.8. The minimum atomic E-state index is -2.01. The number of esters is 1. The summed E-state index contributed by atoms with van der Waals surface area (Å²) in [5.74, 6) is -0.822. The molecule has 1 atom stereocenters. The van der Waals surface area contributed by atoms with Gasteiger partial charge >= 0.3 is 5.97 Å². The number of carbonyl (C=O) groups is 1. The van der Waals surface area contributed by atoms with E-state index >= 15 is 0 Å². The van der Waals surface area contributed by atoms with Crippen LogP contribution in [-0.4, -0.2) is 12.6 Å². The molecule has 0 radical (unpaired) electrons. The molecule has 1 aromatic rings. The van der Waals surface area contributed by atoms with Crippen LogP contribution in [0.4, 0.5) is 4.39 Å². The minimum Gasteiger partial charge on any atom is -0.463 e. The molecule has 72 valence electrons. The summed E-state index contributed by atoms with van der Waals surface area (Å²) in [6.45, 7) is 3.07. The number of hydrogen-bond acceptors (Lipinski definition) is 3. The molecule has 0 aliphatic heterocycles. The van der Waals surface area contributed by atoms with Gasteiger partial charge in [0.25, 0.3) is 0 Å². The van der Waals surface area contributed by atoms with Crippen molar-refractivity contribution in [3.05, 3.63) is 22.4 Å². The van der Waals surface area contributed by atoms with Crippen molar-refractivity contribution in [3.8, 4) is 0 Å². The van der Waals surface area contributed by atoms with Gasteiger partial charge in [0, 0.05) is 0 Å². The molecule has 4 heteroatoms. The molecule has 0 fully saturated rings. The Bertz CT molecular complexity index is 280. The smallest absolute Gasteiger partial charge is 0.349 e. The van der Waals surface area contributed by atoms with Crippen molar-refractivity contribution in [1.82, 2.24) is 0 Å². The molecule has 0 N–H and O–H groups in total. The second kappa shape index (κ2) is 3.87. The van der Waals surface area contributed by atoms with E-state index in [1.54, 1.807) is 24.4 Å². The van der Waals surface area contributed by atoms with Crippen LogP contribution in [0.1, 0.15) is 18.7 Å². The van der Waals surface area contributed by atoms with Crippen LogP contribution in [0.2, 0.25) is 0 Å². The van der Waals surface area contributed by atoms with E-state index in [1.807, 2.05) is 0 Å². The van der Waals surface area contributed by atoms with E-state index in [4.69, 9.17) is 0 Å². The molecule has 1 aromatic heterocycles. The Balaban J connectivity index is 2.82. The molecule has 0 spiro atoms. The van der Waals surface area contributed by atoms with Gasteiger partial charge in [-0.2, -0.15) is 0 Å². The number of carbonyl (C=O) groups excluding carboxylic acids is 1. The molecule has 13 heavy (non-hydrogen) atoms. The fourth-order valence-electron chi connectivity index (χ4n) is 0.913. The summed E-state index contributed by atoms with van der Waals surface area (Å²) in [7, 11) is 0. The summed E-state index contributed by atoms with van der Waals surface area (Å²) in [5, 5.41) is 1.73. The molecule has 2 nitrogen and oxygen atoms in total. The molecule has 1 heterocycles. The molecule has 0 saturated heterocycles. The third kappa shape index (κ3) is 2.06. The molecule has 0 aromatic carbocycles. The Morgan fingerprint density at radius 1 is 1.77 bits per heavy atom. The van der Waals surface area contributed by atoms with E-state index in [2.05, 4.69) is 4.74 Å². The molecule has 0 saturated carbocycles. The highest BCUT2D eigenvalue weighted by atomic mass is 32.1. The van der Waals surface area contributed by atoms with Crippen LogP contribution in [-0.2, 0) is 15.2 Å². The molecule has 0 aliphatic rings. The van der Waals surface area contributed by atoms with Crippen molar-refractivity contribution in [3.63, 3.8) is 0 Å². The Hall–Kier alpha value is -0.900. The fraction of sp³-hybridized carbons (Fsp3) is 0.444. The van der Waals surface area contributed by atoms with Gasteiger partial charge in [0.05, 0.1) is 11.5 Å². The van der Waals surface area contributed by atoms with Crippen molar-refractivity contribution in [2.24, 2.45) is 0 Å². The summed E-state index contributed by atoms with van der Waals surface area (Å²) >= 11 is 1.21. The van der Waals surface area contributed by atoms with Gasteiger partial charge in [0.15, 0.2) is 0 Å². The van der Waals surface area contributed by atoms with Crippen LogP contribution in [0, 0.1) is 0 Å². The van der Waals surface area contributed by atoms with E-state index in [1.165, 1.54) is 18.3 Å². The third-order valence-electron chi connectivity index (χ3n) is 1.64. The second-order valence-electron chi connectivity index (χ2n) is 2.70. The largest absolute Gasteiger partial charge is 0.463 e. The van der Waals surface area contributed by atoms with Crippen molar-refractivity contribution >= 4 is 17.3 Å². The first-order valence-electron chi connectivity index (χ1n) is 3.99. The summed E-state index contributed by atoms with van der Waals surface area (Å²) < 4.78 is 18.4. The van der Waals surface area contributed by atoms with E-state index in [-0.39, 0.29) is 6.61 Å². The lowest BCUT2D eigenvalue weighted by Crippen LogP contribution is -2.28. The van der Waals surface area contributed by atoms with Gasteiger partial charge in [-0.25, -0.2) is 9.18 Å². The van der Waals surface area contributed by atoms with Crippen molar-refractivity contribution in [2.75, 3.05) is 6.61 Å². The highest BCUT2D eigenvalue weighted by Gasteiger charge is 2.37. The lowest BCUT2D eigenvalue weighted by atomic mass is 10.1. The summed E-state index contributed by atoms with van der Waals surface area (Å²) in [6.07, 6.45) is 0. The van der Waals surface area contributed by atoms with Crippen molar-refractivity contribution < 1.29 is 13.9 Å². The second-order valence-corrected chi connectivity index (χ2v) is 3.65. The average Bonchev–Trinajstić information content (AvgIpc) is 2.56. The standard InChI is InChI=1S/C9H11FO2S/c1-3-12-8(11)9(2,10)7-5-4-6-13-7/h4-6H,3H2,1-2H3. The van der Waals surface area contributed by atoms with Gasteiger partial charge in [0.2, 0.25) is 5.67 Å². The lowest BCUT2D eigenvalue weighted by molar-refractivity contribution is -0.156. The Morgan fingerprint density at radius 2 is 2.46 bits per heavy atom. The first-order valence-corrected chi connectivity index (χ1v) is 4.87. The van der Waals surface area contributed by atoms with Crippen LogP contribution in [0.15, 0.2) is 17.5 Å². The van der Waals surface area contributed by atoms with Gasteiger partial charge < -0.3 is 4.74 Å².